The van der Waals surface area contributed by atoms with Gasteiger partial charge in [0.05, 0.1) is 12.8 Å². The first-order valence-electron chi connectivity index (χ1n) is 7.62. The number of nitriles is 1. The van der Waals surface area contributed by atoms with E-state index in [1.807, 2.05) is 30.3 Å². The predicted molar refractivity (Wildman–Crippen MR) is 90.3 cm³/mol. The van der Waals surface area contributed by atoms with Crippen LogP contribution < -0.4 is 10.3 Å². The average Bonchev–Trinajstić information content (AvgIpc) is 3.08. The molecule has 0 aliphatic rings. The summed E-state index contributed by atoms with van der Waals surface area (Å²) in [4.78, 5) is 12.4. The maximum Gasteiger partial charge on any atom is 0.285 e. The normalized spacial score (nSPS) is 10.5. The molecular weight excluding hydrogens is 320 g/mol. The number of hydrogen-bond donors (Lipinski definition) is 0. The van der Waals surface area contributed by atoms with Crippen LogP contribution in [-0.2, 0) is 6.54 Å². The van der Waals surface area contributed by atoms with Crippen molar-refractivity contribution in [1.82, 2.24) is 14.9 Å². The van der Waals surface area contributed by atoms with E-state index in [2.05, 4.69) is 10.3 Å². The average molecular weight is 336 g/mol. The van der Waals surface area contributed by atoms with Gasteiger partial charge in [0.2, 0.25) is 0 Å². The van der Waals surface area contributed by atoms with Crippen LogP contribution in [0.4, 0.5) is 0 Å². The highest BCUT2D eigenvalue weighted by Crippen LogP contribution is 2.29. The third-order valence-corrected chi connectivity index (χ3v) is 4.00. The number of methoxy groups -OCH3 is 1. The summed E-state index contributed by atoms with van der Waals surface area (Å²) in [6, 6.07) is 11.1. The van der Waals surface area contributed by atoms with E-state index in [4.69, 9.17) is 9.26 Å². The molecule has 0 unspecified atom stereocenters. The second-order valence-electron chi connectivity index (χ2n) is 5.54. The zero-order valence-electron chi connectivity index (χ0n) is 14.1. The monoisotopic (exact) mass is 336 g/mol. The Kier molecular flexibility index (Phi) is 4.35. The van der Waals surface area contributed by atoms with Crippen molar-refractivity contribution < 1.29 is 9.26 Å². The summed E-state index contributed by atoms with van der Waals surface area (Å²) in [5.74, 6) is 1.14. The summed E-state index contributed by atoms with van der Waals surface area (Å²) in [7, 11) is 1.59. The molecule has 0 atom stereocenters. The number of aromatic nitrogens is 3. The van der Waals surface area contributed by atoms with E-state index in [9.17, 15) is 10.1 Å². The Morgan fingerprint density at radius 3 is 2.80 bits per heavy atom. The molecule has 0 fully saturated rings. The lowest BCUT2D eigenvalue weighted by Crippen LogP contribution is -2.27. The van der Waals surface area contributed by atoms with Crippen LogP contribution in [0.15, 0.2) is 39.6 Å². The Balaban J connectivity index is 1.97. The fourth-order valence-corrected chi connectivity index (χ4v) is 2.53. The van der Waals surface area contributed by atoms with Crippen molar-refractivity contribution in [3.63, 3.8) is 0 Å². The van der Waals surface area contributed by atoms with Gasteiger partial charge in [0.25, 0.3) is 5.56 Å². The summed E-state index contributed by atoms with van der Waals surface area (Å²) < 4.78 is 11.9. The van der Waals surface area contributed by atoms with Crippen LogP contribution >= 0.6 is 0 Å². The molecule has 0 saturated carbocycles. The molecule has 0 N–H and O–H groups in total. The maximum absolute atomic E-state index is 12.4. The standard InChI is InChI=1S/C18H16N4O3/c1-11-12(2)20-22(18(23)15(11)9-19)10-13-8-16(21-25-13)14-6-4-5-7-17(14)24-3/h4-8H,10H2,1-3H3. The Hall–Kier alpha value is -3.40. The van der Waals surface area contributed by atoms with Gasteiger partial charge < -0.3 is 9.26 Å². The number of hydrogen-bond acceptors (Lipinski definition) is 6. The molecule has 0 radical (unpaired) electrons. The summed E-state index contributed by atoms with van der Waals surface area (Å²) in [5, 5.41) is 17.5. The van der Waals surface area contributed by atoms with Crippen LogP contribution in [0.5, 0.6) is 5.75 Å². The van der Waals surface area contributed by atoms with Crippen molar-refractivity contribution >= 4 is 0 Å². The Labute approximate surface area is 144 Å². The molecule has 0 saturated heterocycles. The minimum atomic E-state index is -0.444. The zero-order chi connectivity index (χ0) is 18.0. The highest BCUT2D eigenvalue weighted by molar-refractivity contribution is 5.66. The molecule has 2 aromatic heterocycles. The molecule has 7 nitrogen and oxygen atoms in total. The SMILES string of the molecule is COc1ccccc1-c1cc(Cn2nc(C)c(C)c(C#N)c2=O)on1. The molecule has 2 heterocycles. The zero-order valence-corrected chi connectivity index (χ0v) is 14.1. The van der Waals surface area contributed by atoms with Gasteiger partial charge in [-0.05, 0) is 31.5 Å². The van der Waals surface area contributed by atoms with Crippen molar-refractivity contribution in [3.8, 4) is 23.1 Å². The Morgan fingerprint density at radius 1 is 1.32 bits per heavy atom. The fourth-order valence-electron chi connectivity index (χ4n) is 2.53. The van der Waals surface area contributed by atoms with Gasteiger partial charge >= 0.3 is 0 Å². The van der Waals surface area contributed by atoms with E-state index in [1.165, 1.54) is 4.68 Å². The van der Waals surface area contributed by atoms with Crippen LogP contribution in [0.2, 0.25) is 0 Å². The second-order valence-corrected chi connectivity index (χ2v) is 5.54. The molecule has 0 aliphatic heterocycles. The number of nitrogens with zero attached hydrogens (tertiary/aromatic N) is 4. The van der Waals surface area contributed by atoms with E-state index in [-0.39, 0.29) is 12.1 Å². The van der Waals surface area contributed by atoms with Crippen molar-refractivity contribution in [2.75, 3.05) is 7.11 Å². The van der Waals surface area contributed by atoms with E-state index >= 15 is 0 Å². The van der Waals surface area contributed by atoms with Crippen LogP contribution in [0.3, 0.4) is 0 Å². The largest absolute Gasteiger partial charge is 0.496 e. The van der Waals surface area contributed by atoms with Crippen LogP contribution in [0.1, 0.15) is 22.6 Å². The lowest BCUT2D eigenvalue weighted by molar-refractivity contribution is 0.369. The van der Waals surface area contributed by atoms with Gasteiger partial charge in [0.15, 0.2) is 5.76 Å². The van der Waals surface area contributed by atoms with E-state index < -0.39 is 5.56 Å². The van der Waals surface area contributed by atoms with E-state index in [0.717, 1.165) is 5.56 Å². The van der Waals surface area contributed by atoms with Crippen molar-refractivity contribution in [2.45, 2.75) is 20.4 Å². The summed E-state index contributed by atoms with van der Waals surface area (Å²) in [6.45, 7) is 3.56. The van der Waals surface area contributed by atoms with E-state index in [0.29, 0.717) is 28.5 Å². The van der Waals surface area contributed by atoms with Gasteiger partial charge in [0, 0.05) is 11.6 Å². The van der Waals surface area contributed by atoms with Crippen molar-refractivity contribution in [1.29, 1.82) is 5.26 Å². The molecular formula is C18H16N4O3. The molecule has 3 rings (SSSR count). The number of para-hydroxylation sites is 1. The third-order valence-electron chi connectivity index (χ3n) is 4.00. The van der Waals surface area contributed by atoms with Crippen molar-refractivity contribution in [3.05, 3.63) is 63.3 Å². The van der Waals surface area contributed by atoms with Crippen LogP contribution in [0, 0.1) is 25.2 Å². The Morgan fingerprint density at radius 2 is 2.08 bits per heavy atom. The van der Waals surface area contributed by atoms with Crippen LogP contribution in [-0.4, -0.2) is 22.0 Å². The molecule has 25 heavy (non-hydrogen) atoms. The van der Waals surface area contributed by atoms with Crippen molar-refractivity contribution in [2.24, 2.45) is 0 Å². The first-order chi connectivity index (χ1) is 12.0. The Bertz CT molecular complexity index is 1030. The topological polar surface area (TPSA) is 93.9 Å². The number of aryl methyl sites for hydroxylation is 1. The van der Waals surface area contributed by atoms with E-state index in [1.54, 1.807) is 27.0 Å². The van der Waals surface area contributed by atoms with Gasteiger partial charge in [-0.1, -0.05) is 17.3 Å². The van der Waals surface area contributed by atoms with Gasteiger partial charge in [-0.3, -0.25) is 4.79 Å². The minimum Gasteiger partial charge on any atom is -0.496 e. The number of benzene rings is 1. The van der Waals surface area contributed by atoms with Crippen LogP contribution in [0.25, 0.3) is 11.3 Å². The number of rotatable bonds is 4. The molecule has 0 spiro atoms. The molecule has 0 bridgehead atoms. The molecule has 0 amide bonds. The van der Waals surface area contributed by atoms with Gasteiger partial charge in [-0.15, -0.1) is 0 Å². The first kappa shape index (κ1) is 16.5. The summed E-state index contributed by atoms with van der Waals surface area (Å²) in [6.07, 6.45) is 0. The predicted octanol–water partition coefficient (Wildman–Crippen LogP) is 2.44. The lowest BCUT2D eigenvalue weighted by atomic mass is 10.1. The first-order valence-corrected chi connectivity index (χ1v) is 7.62. The maximum atomic E-state index is 12.4. The van der Waals surface area contributed by atoms with Gasteiger partial charge in [0.1, 0.15) is 29.6 Å². The summed E-state index contributed by atoms with van der Waals surface area (Å²) >= 11 is 0. The second kappa shape index (κ2) is 6.61. The van der Waals surface area contributed by atoms with Gasteiger partial charge in [-0.2, -0.15) is 10.4 Å². The highest BCUT2D eigenvalue weighted by atomic mass is 16.5. The fraction of sp³-hybridized carbons (Fsp3) is 0.222. The smallest absolute Gasteiger partial charge is 0.285 e. The third kappa shape index (κ3) is 3.02. The molecule has 7 heteroatoms. The minimum absolute atomic E-state index is 0.0940. The molecule has 3 aromatic rings. The molecule has 1 aromatic carbocycles. The molecule has 126 valence electrons. The number of ether oxygens (including phenoxy) is 1. The molecule has 0 aliphatic carbocycles. The summed E-state index contributed by atoms with van der Waals surface area (Å²) in [5.41, 5.74) is 2.26. The quantitative estimate of drug-likeness (QED) is 0.726. The lowest BCUT2D eigenvalue weighted by Gasteiger charge is -2.07. The highest BCUT2D eigenvalue weighted by Gasteiger charge is 2.15. The van der Waals surface area contributed by atoms with Gasteiger partial charge in [-0.25, -0.2) is 4.68 Å².